The van der Waals surface area contributed by atoms with Crippen molar-refractivity contribution in [1.29, 1.82) is 0 Å². The summed E-state index contributed by atoms with van der Waals surface area (Å²) in [6, 6.07) is 5.30. The molecule has 0 aromatic heterocycles. The number of hydrogen-bond donors (Lipinski definition) is 2. The second-order valence-electron chi connectivity index (χ2n) is 5.38. The molecular weight excluding hydrogens is 270 g/mol. The van der Waals surface area contributed by atoms with Crippen LogP contribution >= 0.6 is 0 Å². The molecule has 21 heavy (non-hydrogen) atoms. The molecular formula is C16H23NO4. The number of hydrogen-bond acceptors (Lipinski definition) is 4. The van der Waals surface area contributed by atoms with Gasteiger partial charge in [0.25, 0.3) is 5.91 Å². The van der Waals surface area contributed by atoms with Crippen molar-refractivity contribution in [3.8, 4) is 11.5 Å². The maximum atomic E-state index is 12.4. The van der Waals surface area contributed by atoms with Gasteiger partial charge in [-0.25, -0.2) is 0 Å². The Bertz CT molecular complexity index is 489. The van der Waals surface area contributed by atoms with Crippen LogP contribution in [0.4, 0.5) is 0 Å². The summed E-state index contributed by atoms with van der Waals surface area (Å²) in [4.78, 5) is 12.4. The van der Waals surface area contributed by atoms with E-state index in [0.717, 1.165) is 12.8 Å². The highest BCUT2D eigenvalue weighted by Crippen LogP contribution is 2.33. The molecule has 1 amide bonds. The van der Waals surface area contributed by atoms with Crippen molar-refractivity contribution in [1.82, 2.24) is 5.32 Å². The fourth-order valence-electron chi connectivity index (χ4n) is 2.40. The molecule has 1 aliphatic rings. The van der Waals surface area contributed by atoms with Crippen molar-refractivity contribution >= 4 is 5.91 Å². The van der Waals surface area contributed by atoms with Crippen LogP contribution in [0.25, 0.3) is 0 Å². The smallest absolute Gasteiger partial charge is 0.255 e. The van der Waals surface area contributed by atoms with Crippen LogP contribution in [-0.2, 0) is 0 Å². The number of aliphatic hydroxyl groups is 1. The zero-order valence-corrected chi connectivity index (χ0v) is 12.6. The zero-order valence-electron chi connectivity index (χ0n) is 12.6. The molecule has 0 atom stereocenters. The van der Waals surface area contributed by atoms with Gasteiger partial charge >= 0.3 is 0 Å². The van der Waals surface area contributed by atoms with Gasteiger partial charge in [-0.2, -0.15) is 0 Å². The molecule has 1 aromatic carbocycles. The van der Waals surface area contributed by atoms with Crippen LogP contribution in [0.5, 0.6) is 11.5 Å². The van der Waals surface area contributed by atoms with E-state index in [-0.39, 0.29) is 17.9 Å². The van der Waals surface area contributed by atoms with Crippen LogP contribution < -0.4 is 14.8 Å². The number of nitrogens with one attached hydrogen (secondary N) is 1. The summed E-state index contributed by atoms with van der Waals surface area (Å²) < 4.78 is 11.0. The van der Waals surface area contributed by atoms with Gasteiger partial charge in [0.15, 0.2) is 11.5 Å². The van der Waals surface area contributed by atoms with E-state index in [1.54, 1.807) is 18.2 Å². The predicted molar refractivity (Wildman–Crippen MR) is 79.9 cm³/mol. The Balaban J connectivity index is 2.11. The lowest BCUT2D eigenvalue weighted by Crippen LogP contribution is -2.39. The van der Waals surface area contributed by atoms with E-state index in [4.69, 9.17) is 9.47 Å². The van der Waals surface area contributed by atoms with Gasteiger partial charge in [-0.05, 0) is 25.0 Å². The van der Waals surface area contributed by atoms with Crippen LogP contribution in [0, 0.1) is 5.41 Å². The number of fused-ring (bicyclic) bond motifs is 1. The second kappa shape index (κ2) is 6.80. The van der Waals surface area contributed by atoms with Crippen LogP contribution in [0.15, 0.2) is 18.2 Å². The normalized spacial score (nSPS) is 13.9. The van der Waals surface area contributed by atoms with Crippen LogP contribution in [-0.4, -0.2) is 37.4 Å². The highest BCUT2D eigenvalue weighted by Gasteiger charge is 2.27. The lowest BCUT2D eigenvalue weighted by molar-refractivity contribution is 0.0842. The summed E-state index contributed by atoms with van der Waals surface area (Å²) in [7, 11) is 0. The molecule has 5 nitrogen and oxygen atoms in total. The van der Waals surface area contributed by atoms with Gasteiger partial charge in [0, 0.05) is 12.0 Å². The molecule has 0 saturated carbocycles. The monoisotopic (exact) mass is 293 g/mol. The number of carbonyl (C=O) groups is 1. The molecule has 0 spiro atoms. The first kappa shape index (κ1) is 15.6. The Kier molecular flexibility index (Phi) is 5.07. The average molecular weight is 293 g/mol. The summed E-state index contributed by atoms with van der Waals surface area (Å²) in [5.41, 5.74) is 0.216. The third-order valence-electron chi connectivity index (χ3n) is 4.27. The van der Waals surface area contributed by atoms with Crippen molar-refractivity contribution in [2.24, 2.45) is 5.41 Å². The van der Waals surface area contributed by atoms with Gasteiger partial charge in [-0.3, -0.25) is 4.79 Å². The molecule has 0 bridgehead atoms. The molecule has 2 N–H and O–H groups in total. The molecule has 0 unspecified atom stereocenters. The minimum Gasteiger partial charge on any atom is -0.486 e. The molecule has 0 radical (unpaired) electrons. The lowest BCUT2D eigenvalue weighted by Gasteiger charge is -2.29. The third kappa shape index (κ3) is 3.29. The molecule has 0 fully saturated rings. The number of aliphatic hydroxyl groups excluding tert-OH is 1. The molecule has 5 heteroatoms. The van der Waals surface area contributed by atoms with Crippen molar-refractivity contribution in [3.05, 3.63) is 23.8 Å². The fraction of sp³-hybridized carbons (Fsp3) is 0.562. The Morgan fingerprint density at radius 3 is 2.67 bits per heavy atom. The number of amides is 1. The fourth-order valence-corrected chi connectivity index (χ4v) is 2.40. The van der Waals surface area contributed by atoms with Gasteiger partial charge < -0.3 is 19.9 Å². The SMILES string of the molecule is CCC(CC)(CO)CNC(=O)c1cccc2c1OCCO2. The number of carbonyl (C=O) groups excluding carboxylic acids is 1. The van der Waals surface area contributed by atoms with Gasteiger partial charge in [0.05, 0.1) is 12.2 Å². The number of rotatable bonds is 6. The van der Waals surface area contributed by atoms with Gasteiger partial charge in [0.2, 0.25) is 0 Å². The Hall–Kier alpha value is -1.75. The van der Waals surface area contributed by atoms with Gasteiger partial charge in [-0.1, -0.05) is 19.9 Å². The first-order chi connectivity index (χ1) is 10.2. The molecule has 2 rings (SSSR count). The Morgan fingerprint density at radius 2 is 2.00 bits per heavy atom. The molecule has 1 heterocycles. The number of benzene rings is 1. The highest BCUT2D eigenvalue weighted by atomic mass is 16.6. The summed E-state index contributed by atoms with van der Waals surface area (Å²) in [6.07, 6.45) is 1.62. The summed E-state index contributed by atoms with van der Waals surface area (Å²) in [6.45, 7) is 5.49. The Morgan fingerprint density at radius 1 is 1.29 bits per heavy atom. The van der Waals surface area contributed by atoms with E-state index >= 15 is 0 Å². The predicted octanol–water partition coefficient (Wildman–Crippen LogP) is 1.99. The number of para-hydroxylation sites is 1. The molecule has 0 saturated heterocycles. The van der Waals surface area contributed by atoms with E-state index < -0.39 is 0 Å². The molecule has 1 aliphatic heterocycles. The van der Waals surface area contributed by atoms with E-state index in [9.17, 15) is 9.90 Å². The largest absolute Gasteiger partial charge is 0.486 e. The highest BCUT2D eigenvalue weighted by molar-refractivity contribution is 5.97. The van der Waals surface area contributed by atoms with Crippen molar-refractivity contribution < 1.29 is 19.4 Å². The van der Waals surface area contributed by atoms with Crippen LogP contribution in [0.1, 0.15) is 37.0 Å². The summed E-state index contributed by atoms with van der Waals surface area (Å²) in [5, 5.41) is 12.5. The Labute approximate surface area is 125 Å². The standard InChI is InChI=1S/C16H23NO4/c1-3-16(4-2,11-18)10-17-15(19)12-6-5-7-13-14(12)21-9-8-20-13/h5-7,18H,3-4,8-11H2,1-2H3,(H,17,19). The molecule has 116 valence electrons. The van der Waals surface area contributed by atoms with E-state index in [1.807, 2.05) is 13.8 Å². The first-order valence-corrected chi connectivity index (χ1v) is 7.43. The first-order valence-electron chi connectivity index (χ1n) is 7.43. The zero-order chi connectivity index (χ0) is 15.3. The molecule has 0 aliphatic carbocycles. The van der Waals surface area contributed by atoms with Crippen molar-refractivity contribution in [2.75, 3.05) is 26.4 Å². The second-order valence-corrected chi connectivity index (χ2v) is 5.38. The minimum atomic E-state index is -0.262. The number of ether oxygens (including phenoxy) is 2. The maximum absolute atomic E-state index is 12.4. The maximum Gasteiger partial charge on any atom is 0.255 e. The summed E-state index contributed by atoms with van der Waals surface area (Å²) in [5.74, 6) is 0.911. The van der Waals surface area contributed by atoms with Gasteiger partial charge in [-0.15, -0.1) is 0 Å². The lowest BCUT2D eigenvalue weighted by atomic mass is 9.83. The topological polar surface area (TPSA) is 67.8 Å². The van der Waals surface area contributed by atoms with E-state index in [0.29, 0.717) is 36.8 Å². The quantitative estimate of drug-likeness (QED) is 0.841. The van der Waals surface area contributed by atoms with E-state index in [2.05, 4.69) is 5.32 Å². The van der Waals surface area contributed by atoms with Crippen LogP contribution in [0.2, 0.25) is 0 Å². The van der Waals surface area contributed by atoms with Crippen LogP contribution in [0.3, 0.4) is 0 Å². The average Bonchev–Trinajstić information content (AvgIpc) is 2.56. The van der Waals surface area contributed by atoms with Crippen molar-refractivity contribution in [3.63, 3.8) is 0 Å². The third-order valence-corrected chi connectivity index (χ3v) is 4.27. The van der Waals surface area contributed by atoms with E-state index in [1.165, 1.54) is 0 Å². The molecule has 1 aromatic rings. The van der Waals surface area contributed by atoms with Crippen molar-refractivity contribution in [2.45, 2.75) is 26.7 Å². The summed E-state index contributed by atoms with van der Waals surface area (Å²) >= 11 is 0. The minimum absolute atomic E-state index is 0.0623. The van der Waals surface area contributed by atoms with Gasteiger partial charge in [0.1, 0.15) is 13.2 Å².